The van der Waals surface area contributed by atoms with E-state index < -0.39 is 5.97 Å². The third-order valence-electron chi connectivity index (χ3n) is 2.49. The molecule has 2 aromatic rings. The number of hydrogen-bond donors (Lipinski definition) is 1. The number of benzene rings is 1. The molecule has 0 saturated carbocycles. The van der Waals surface area contributed by atoms with Gasteiger partial charge in [0.2, 0.25) is 0 Å². The fraction of sp³-hybridized carbons (Fsp3) is 0.231. The van der Waals surface area contributed by atoms with Gasteiger partial charge < -0.3 is 5.11 Å². The maximum Gasteiger partial charge on any atom is 0.308 e. The van der Waals surface area contributed by atoms with Gasteiger partial charge in [0.05, 0.1) is 12.1 Å². The molecule has 19 heavy (non-hydrogen) atoms. The number of aliphatic carboxylic acids is 1. The Labute approximate surface area is 124 Å². The number of hydrogen-bond acceptors (Lipinski definition) is 4. The lowest BCUT2D eigenvalue weighted by Gasteiger charge is -2.01. The first kappa shape index (κ1) is 14.4. The summed E-state index contributed by atoms with van der Waals surface area (Å²) in [6, 6.07) is 7.69. The lowest BCUT2D eigenvalue weighted by atomic mass is 10.2. The summed E-state index contributed by atoms with van der Waals surface area (Å²) in [6.45, 7) is 1.84. The van der Waals surface area contributed by atoms with Gasteiger partial charge in [-0.25, -0.2) is 4.98 Å². The average Bonchev–Trinajstić information content (AvgIpc) is 2.68. The quantitative estimate of drug-likeness (QED) is 0.847. The van der Waals surface area contributed by atoms with Gasteiger partial charge in [0.1, 0.15) is 0 Å². The monoisotopic (exact) mass is 313 g/mol. The van der Waals surface area contributed by atoms with Crippen LogP contribution < -0.4 is 0 Å². The Hall–Kier alpha value is -1.04. The van der Waals surface area contributed by atoms with Crippen molar-refractivity contribution in [3.05, 3.63) is 45.4 Å². The van der Waals surface area contributed by atoms with Gasteiger partial charge in [0.25, 0.3) is 0 Å². The molecule has 0 saturated heterocycles. The van der Waals surface area contributed by atoms with Crippen LogP contribution in [0.5, 0.6) is 0 Å². The average molecular weight is 314 g/mol. The standard InChI is InChI=1S/C13H12ClNO2S2/c1-8-11(6-12(16)17)19-13(15-8)18-7-9-4-2-3-5-10(9)14/h2-5H,6-7H2,1H3,(H,16,17). The van der Waals surface area contributed by atoms with Gasteiger partial charge in [0.15, 0.2) is 4.34 Å². The first-order valence-corrected chi connectivity index (χ1v) is 7.78. The molecule has 0 unspecified atom stereocenters. The van der Waals surface area contributed by atoms with Crippen molar-refractivity contribution >= 4 is 40.7 Å². The minimum Gasteiger partial charge on any atom is -0.481 e. The number of aromatic nitrogens is 1. The second kappa shape index (κ2) is 6.41. The van der Waals surface area contributed by atoms with E-state index in [0.29, 0.717) is 0 Å². The molecule has 1 aromatic heterocycles. The van der Waals surface area contributed by atoms with E-state index in [1.165, 1.54) is 11.3 Å². The highest BCUT2D eigenvalue weighted by Gasteiger charge is 2.11. The Bertz CT molecular complexity index is 598. The van der Waals surface area contributed by atoms with E-state index in [2.05, 4.69) is 4.98 Å². The van der Waals surface area contributed by atoms with Crippen LogP contribution in [-0.4, -0.2) is 16.1 Å². The zero-order chi connectivity index (χ0) is 13.8. The maximum atomic E-state index is 10.7. The predicted molar refractivity (Wildman–Crippen MR) is 79.2 cm³/mol. The molecule has 0 radical (unpaired) electrons. The van der Waals surface area contributed by atoms with E-state index in [-0.39, 0.29) is 6.42 Å². The second-order valence-corrected chi connectivity index (χ2v) is 6.65. The molecular weight excluding hydrogens is 302 g/mol. The molecule has 0 bridgehead atoms. The number of carbonyl (C=O) groups is 1. The number of rotatable bonds is 5. The summed E-state index contributed by atoms with van der Waals surface area (Å²) in [5.74, 6) is -0.0894. The van der Waals surface area contributed by atoms with Crippen molar-refractivity contribution < 1.29 is 9.90 Å². The zero-order valence-corrected chi connectivity index (χ0v) is 12.6. The molecule has 0 aliphatic carbocycles. The van der Waals surface area contributed by atoms with Crippen molar-refractivity contribution in [3.63, 3.8) is 0 Å². The molecule has 1 aromatic carbocycles. The minimum absolute atomic E-state index is 0.0379. The fourth-order valence-electron chi connectivity index (χ4n) is 1.52. The van der Waals surface area contributed by atoms with E-state index >= 15 is 0 Å². The van der Waals surface area contributed by atoms with E-state index in [9.17, 15) is 4.79 Å². The molecule has 3 nitrogen and oxygen atoms in total. The molecule has 1 heterocycles. The Morgan fingerprint density at radius 1 is 1.47 bits per heavy atom. The van der Waals surface area contributed by atoms with Crippen molar-refractivity contribution in [1.29, 1.82) is 0 Å². The van der Waals surface area contributed by atoms with Gasteiger partial charge in [-0.1, -0.05) is 41.6 Å². The fourth-order valence-corrected chi connectivity index (χ4v) is 4.03. The highest BCUT2D eigenvalue weighted by Crippen LogP contribution is 2.31. The van der Waals surface area contributed by atoms with Crippen LogP contribution in [0.1, 0.15) is 16.1 Å². The number of carboxylic acid groups (broad SMARTS) is 1. The summed E-state index contributed by atoms with van der Waals surface area (Å²) >= 11 is 9.11. The van der Waals surface area contributed by atoms with Crippen LogP contribution in [0.25, 0.3) is 0 Å². The number of thiazole rings is 1. The van der Waals surface area contributed by atoms with E-state index in [4.69, 9.17) is 16.7 Å². The molecular formula is C13H12ClNO2S2. The number of carboxylic acids is 1. The highest BCUT2D eigenvalue weighted by atomic mass is 35.5. The van der Waals surface area contributed by atoms with Crippen LogP contribution in [0.15, 0.2) is 28.6 Å². The molecule has 6 heteroatoms. The summed E-state index contributed by atoms with van der Waals surface area (Å²) in [7, 11) is 0. The highest BCUT2D eigenvalue weighted by molar-refractivity contribution is 8.00. The molecule has 0 spiro atoms. The van der Waals surface area contributed by atoms with E-state index in [1.54, 1.807) is 11.8 Å². The number of halogens is 1. The smallest absolute Gasteiger partial charge is 0.308 e. The van der Waals surface area contributed by atoms with Crippen LogP contribution in [0.3, 0.4) is 0 Å². The Morgan fingerprint density at radius 3 is 2.89 bits per heavy atom. The number of thioether (sulfide) groups is 1. The maximum absolute atomic E-state index is 10.7. The van der Waals surface area contributed by atoms with Gasteiger partial charge in [-0.05, 0) is 18.6 Å². The molecule has 2 rings (SSSR count). The van der Waals surface area contributed by atoms with Gasteiger partial charge in [-0.2, -0.15) is 0 Å². The molecule has 0 aliphatic rings. The summed E-state index contributed by atoms with van der Waals surface area (Å²) in [4.78, 5) is 15.9. The molecule has 1 N–H and O–H groups in total. The van der Waals surface area contributed by atoms with Crippen LogP contribution >= 0.6 is 34.7 Å². The zero-order valence-electron chi connectivity index (χ0n) is 10.2. The first-order chi connectivity index (χ1) is 9.06. The predicted octanol–water partition coefficient (Wildman–Crippen LogP) is 4.02. The summed E-state index contributed by atoms with van der Waals surface area (Å²) in [6.07, 6.45) is 0.0379. The summed E-state index contributed by atoms with van der Waals surface area (Å²) in [5.41, 5.74) is 1.86. The van der Waals surface area contributed by atoms with Crippen molar-refractivity contribution in [1.82, 2.24) is 4.98 Å². The van der Waals surface area contributed by atoms with Crippen LogP contribution in [0.4, 0.5) is 0 Å². The lowest BCUT2D eigenvalue weighted by molar-refractivity contribution is -0.136. The molecule has 0 aliphatic heterocycles. The van der Waals surface area contributed by atoms with E-state index in [1.807, 2.05) is 31.2 Å². The van der Waals surface area contributed by atoms with E-state index in [0.717, 1.165) is 31.2 Å². The summed E-state index contributed by atoms with van der Waals surface area (Å²) in [5, 5.41) is 9.54. The first-order valence-electron chi connectivity index (χ1n) is 5.60. The van der Waals surface area contributed by atoms with Gasteiger partial charge >= 0.3 is 5.97 Å². The Morgan fingerprint density at radius 2 is 2.21 bits per heavy atom. The lowest BCUT2D eigenvalue weighted by Crippen LogP contribution is -1.99. The van der Waals surface area contributed by atoms with Crippen LogP contribution in [-0.2, 0) is 17.0 Å². The normalized spacial score (nSPS) is 10.6. The third-order valence-corrected chi connectivity index (χ3v) is 5.21. The Kier molecular flexibility index (Phi) is 4.85. The van der Waals surface area contributed by atoms with Gasteiger partial charge in [0, 0.05) is 15.7 Å². The molecule has 100 valence electrons. The van der Waals surface area contributed by atoms with Gasteiger partial charge in [-0.15, -0.1) is 11.3 Å². The van der Waals surface area contributed by atoms with Crippen LogP contribution in [0.2, 0.25) is 5.02 Å². The van der Waals surface area contributed by atoms with Crippen molar-refractivity contribution in [2.24, 2.45) is 0 Å². The minimum atomic E-state index is -0.825. The molecule has 0 atom stereocenters. The third kappa shape index (κ3) is 3.96. The van der Waals surface area contributed by atoms with Crippen molar-refractivity contribution in [2.45, 2.75) is 23.4 Å². The number of nitrogens with zero attached hydrogens (tertiary/aromatic N) is 1. The second-order valence-electron chi connectivity index (χ2n) is 3.94. The largest absolute Gasteiger partial charge is 0.481 e. The van der Waals surface area contributed by atoms with Crippen LogP contribution in [0, 0.1) is 6.92 Å². The van der Waals surface area contributed by atoms with Crippen molar-refractivity contribution in [3.8, 4) is 0 Å². The topological polar surface area (TPSA) is 50.2 Å². The number of aryl methyl sites for hydroxylation is 1. The van der Waals surface area contributed by atoms with Crippen molar-refractivity contribution in [2.75, 3.05) is 0 Å². The molecule has 0 amide bonds. The molecule has 0 fully saturated rings. The Balaban J connectivity index is 2.04. The summed E-state index contributed by atoms with van der Waals surface area (Å²) < 4.78 is 0.883. The SMILES string of the molecule is Cc1nc(SCc2ccccc2Cl)sc1CC(=O)O. The van der Waals surface area contributed by atoms with Gasteiger partial charge in [-0.3, -0.25) is 4.79 Å².